The van der Waals surface area contributed by atoms with E-state index in [1.54, 1.807) is 35.2 Å². The number of amides is 1. The zero-order valence-corrected chi connectivity index (χ0v) is 21.1. The largest absolute Gasteiger partial charge is 0.470 e. The lowest BCUT2D eigenvalue weighted by Crippen LogP contribution is -2.58. The Balaban J connectivity index is 1.24. The van der Waals surface area contributed by atoms with Crippen molar-refractivity contribution in [2.24, 2.45) is 0 Å². The van der Waals surface area contributed by atoms with Crippen LogP contribution in [-0.4, -0.2) is 100 Å². The SMILES string of the molecule is O=C(CN1CCCCC1)N1CC(Oc2cc(-n3c(C(F)F)nc4ccccc43)nc(N3CCOCC3)n2)C1. The van der Waals surface area contributed by atoms with Gasteiger partial charge in [-0.05, 0) is 38.1 Å². The van der Waals surface area contributed by atoms with Crippen LogP contribution in [0.15, 0.2) is 30.3 Å². The molecule has 3 fully saturated rings. The van der Waals surface area contributed by atoms with Crippen LogP contribution >= 0.6 is 0 Å². The van der Waals surface area contributed by atoms with E-state index in [2.05, 4.69) is 19.9 Å². The van der Waals surface area contributed by atoms with Gasteiger partial charge in [-0.1, -0.05) is 18.6 Å². The second-order valence-corrected chi connectivity index (χ2v) is 9.93. The number of alkyl halides is 2. The van der Waals surface area contributed by atoms with E-state index in [0.717, 1.165) is 25.9 Å². The minimum Gasteiger partial charge on any atom is -0.470 e. The maximum Gasteiger partial charge on any atom is 0.296 e. The van der Waals surface area contributed by atoms with Gasteiger partial charge in [-0.25, -0.2) is 13.8 Å². The van der Waals surface area contributed by atoms with Crippen molar-refractivity contribution in [3.63, 3.8) is 0 Å². The average Bonchev–Trinajstić information content (AvgIpc) is 3.31. The summed E-state index contributed by atoms with van der Waals surface area (Å²) < 4.78 is 41.1. The number of ether oxygens (including phenoxy) is 2. The highest BCUT2D eigenvalue weighted by atomic mass is 19.3. The van der Waals surface area contributed by atoms with E-state index >= 15 is 0 Å². The summed E-state index contributed by atoms with van der Waals surface area (Å²) in [5.74, 6) is 0.647. The van der Waals surface area contributed by atoms with Crippen LogP contribution in [0.2, 0.25) is 0 Å². The van der Waals surface area contributed by atoms with Gasteiger partial charge in [0, 0.05) is 19.2 Å². The number of morpholine rings is 1. The fourth-order valence-electron chi connectivity index (χ4n) is 5.21. The Morgan fingerprint density at radius 2 is 1.79 bits per heavy atom. The van der Waals surface area contributed by atoms with Gasteiger partial charge < -0.3 is 19.3 Å². The van der Waals surface area contributed by atoms with Crippen molar-refractivity contribution >= 4 is 22.9 Å². The summed E-state index contributed by atoms with van der Waals surface area (Å²) >= 11 is 0. The number of imidazole rings is 1. The number of aromatic nitrogens is 4. The van der Waals surface area contributed by atoms with E-state index in [0.29, 0.717) is 62.9 Å². The second kappa shape index (κ2) is 10.8. The molecule has 1 aromatic carbocycles. The molecule has 5 heterocycles. The van der Waals surface area contributed by atoms with Gasteiger partial charge in [0.05, 0.1) is 43.9 Å². The molecule has 0 unspecified atom stereocenters. The van der Waals surface area contributed by atoms with Gasteiger partial charge >= 0.3 is 0 Å². The number of hydrogen-bond acceptors (Lipinski definition) is 8. The van der Waals surface area contributed by atoms with Gasteiger partial charge in [0.25, 0.3) is 6.43 Å². The van der Waals surface area contributed by atoms with Gasteiger partial charge in [0.2, 0.25) is 17.7 Å². The summed E-state index contributed by atoms with van der Waals surface area (Å²) in [5.41, 5.74) is 0.983. The zero-order chi connectivity index (χ0) is 26.1. The third-order valence-electron chi connectivity index (χ3n) is 7.28. The number of fused-ring (bicyclic) bond motifs is 1. The van der Waals surface area contributed by atoms with Crippen LogP contribution in [0.1, 0.15) is 31.5 Å². The first kappa shape index (κ1) is 24.9. The first-order valence-electron chi connectivity index (χ1n) is 13.2. The second-order valence-electron chi connectivity index (χ2n) is 9.93. The Labute approximate surface area is 219 Å². The number of rotatable bonds is 7. The van der Waals surface area contributed by atoms with Crippen molar-refractivity contribution in [1.29, 1.82) is 0 Å². The molecule has 3 aromatic rings. The lowest BCUT2D eigenvalue weighted by atomic mass is 10.1. The fourth-order valence-corrected chi connectivity index (χ4v) is 5.21. The molecule has 3 saturated heterocycles. The Bertz CT molecular complexity index is 1290. The molecule has 12 heteroatoms. The molecular formula is C26H31F2N7O3. The highest BCUT2D eigenvalue weighted by molar-refractivity contribution is 5.79. The number of halogens is 2. The van der Waals surface area contributed by atoms with Crippen molar-refractivity contribution in [3.05, 3.63) is 36.2 Å². The molecule has 0 bridgehead atoms. The Morgan fingerprint density at radius 3 is 2.55 bits per heavy atom. The molecule has 0 aliphatic carbocycles. The molecule has 0 N–H and O–H groups in total. The monoisotopic (exact) mass is 527 g/mol. The molecule has 38 heavy (non-hydrogen) atoms. The number of benzene rings is 1. The third kappa shape index (κ3) is 5.14. The lowest BCUT2D eigenvalue weighted by Gasteiger charge is -2.40. The molecule has 202 valence electrons. The molecule has 1 amide bonds. The summed E-state index contributed by atoms with van der Waals surface area (Å²) in [4.78, 5) is 32.1. The van der Waals surface area contributed by atoms with Crippen LogP contribution in [-0.2, 0) is 9.53 Å². The summed E-state index contributed by atoms with van der Waals surface area (Å²) in [6, 6.07) is 8.55. The number of nitrogens with zero attached hydrogens (tertiary/aromatic N) is 7. The van der Waals surface area contributed by atoms with Crippen LogP contribution in [0.5, 0.6) is 5.88 Å². The van der Waals surface area contributed by atoms with Crippen LogP contribution in [0, 0.1) is 0 Å². The van der Waals surface area contributed by atoms with Gasteiger partial charge in [-0.3, -0.25) is 14.3 Å². The molecule has 10 nitrogen and oxygen atoms in total. The predicted octanol–water partition coefficient (Wildman–Crippen LogP) is 2.67. The molecule has 3 aliphatic heterocycles. The number of carbonyl (C=O) groups excluding carboxylic acids is 1. The smallest absolute Gasteiger partial charge is 0.296 e. The van der Waals surface area contributed by atoms with Crippen LogP contribution in [0.3, 0.4) is 0 Å². The number of hydrogen-bond donors (Lipinski definition) is 0. The predicted molar refractivity (Wildman–Crippen MR) is 136 cm³/mol. The fraction of sp³-hybridized carbons (Fsp3) is 0.538. The van der Waals surface area contributed by atoms with Crippen molar-refractivity contribution in [1.82, 2.24) is 29.3 Å². The highest BCUT2D eigenvalue weighted by Gasteiger charge is 2.34. The van der Waals surface area contributed by atoms with Crippen molar-refractivity contribution in [2.75, 3.05) is 63.9 Å². The van der Waals surface area contributed by atoms with E-state index in [4.69, 9.17) is 9.47 Å². The maximum absolute atomic E-state index is 14.0. The van der Waals surface area contributed by atoms with E-state index in [1.165, 1.54) is 11.0 Å². The molecule has 0 saturated carbocycles. The number of likely N-dealkylation sites (tertiary alicyclic amines) is 2. The maximum atomic E-state index is 14.0. The number of para-hydroxylation sites is 2. The van der Waals surface area contributed by atoms with Crippen molar-refractivity contribution < 1.29 is 23.0 Å². The van der Waals surface area contributed by atoms with E-state index in [1.807, 2.05) is 4.90 Å². The standard InChI is InChI=1S/C26H31F2N7O3/c27-24(28)25-29-19-6-2-3-7-20(19)35(25)21-14-22(31-26(30-21)33-10-12-37-13-11-33)38-18-15-34(16-18)23(36)17-32-8-4-1-5-9-32/h2-3,6-7,14,18,24H,1,4-5,8-13,15-17H2. The van der Waals surface area contributed by atoms with Crippen LogP contribution < -0.4 is 9.64 Å². The summed E-state index contributed by atoms with van der Waals surface area (Å²) in [6.07, 6.45) is 0.486. The van der Waals surface area contributed by atoms with Crippen LogP contribution in [0.25, 0.3) is 16.9 Å². The van der Waals surface area contributed by atoms with Crippen LogP contribution in [0.4, 0.5) is 14.7 Å². The quantitative estimate of drug-likeness (QED) is 0.464. The lowest BCUT2D eigenvalue weighted by molar-refractivity contribution is -0.141. The molecule has 0 spiro atoms. The van der Waals surface area contributed by atoms with Gasteiger partial charge in [-0.2, -0.15) is 9.97 Å². The average molecular weight is 528 g/mol. The zero-order valence-electron chi connectivity index (χ0n) is 21.1. The van der Waals surface area contributed by atoms with Gasteiger partial charge in [-0.15, -0.1) is 0 Å². The Kier molecular flexibility index (Phi) is 7.07. The molecule has 0 radical (unpaired) electrons. The molecule has 0 atom stereocenters. The minimum absolute atomic E-state index is 0.107. The number of carbonyl (C=O) groups is 1. The van der Waals surface area contributed by atoms with Crippen molar-refractivity contribution in [2.45, 2.75) is 31.8 Å². The van der Waals surface area contributed by atoms with E-state index in [9.17, 15) is 13.6 Å². The molecular weight excluding hydrogens is 496 g/mol. The van der Waals surface area contributed by atoms with E-state index in [-0.39, 0.29) is 29.5 Å². The summed E-state index contributed by atoms with van der Waals surface area (Å²) in [6.45, 7) is 5.52. The van der Waals surface area contributed by atoms with Crippen molar-refractivity contribution in [3.8, 4) is 11.7 Å². The topological polar surface area (TPSA) is 88.9 Å². The normalized spacial score (nSPS) is 19.2. The van der Waals surface area contributed by atoms with Gasteiger partial charge in [0.15, 0.2) is 5.82 Å². The first-order valence-corrected chi connectivity index (χ1v) is 13.2. The van der Waals surface area contributed by atoms with E-state index < -0.39 is 6.43 Å². The summed E-state index contributed by atoms with van der Waals surface area (Å²) in [7, 11) is 0. The molecule has 3 aliphatic rings. The van der Waals surface area contributed by atoms with Gasteiger partial charge in [0.1, 0.15) is 11.9 Å². The Hall–Kier alpha value is -3.38. The summed E-state index contributed by atoms with van der Waals surface area (Å²) in [5, 5.41) is 0. The molecule has 2 aromatic heterocycles. The third-order valence-corrected chi connectivity index (χ3v) is 7.28. The first-order chi connectivity index (χ1) is 18.5. The number of piperidine rings is 1. The Morgan fingerprint density at radius 1 is 1.03 bits per heavy atom. The molecule has 6 rings (SSSR count). The minimum atomic E-state index is -2.79. The number of anilines is 1. The highest BCUT2D eigenvalue weighted by Crippen LogP contribution is 2.30.